The standard InChI is InChI=1S/C25H29NO3/c1-17(2)15-18-3-5-19(6-4-18)24(27)20-9-12-26(13-10-20)25(28)22-7-8-23-21(16-22)11-14-29-23/h3-8,16-17,20H,9-15H2,1-2H3. The predicted molar refractivity (Wildman–Crippen MR) is 114 cm³/mol. The van der Waals surface area contributed by atoms with Gasteiger partial charge in [0.1, 0.15) is 5.75 Å². The van der Waals surface area contributed by atoms with Gasteiger partial charge in [-0.3, -0.25) is 9.59 Å². The molecule has 0 radical (unpaired) electrons. The molecule has 0 bridgehead atoms. The number of amides is 1. The Labute approximate surface area is 172 Å². The molecule has 29 heavy (non-hydrogen) atoms. The van der Waals surface area contributed by atoms with Crippen LogP contribution in [0.25, 0.3) is 0 Å². The van der Waals surface area contributed by atoms with Crippen molar-refractivity contribution >= 4 is 11.7 Å². The Morgan fingerprint density at radius 3 is 2.41 bits per heavy atom. The maximum atomic E-state index is 12.9. The summed E-state index contributed by atoms with van der Waals surface area (Å²) in [5, 5.41) is 0. The van der Waals surface area contributed by atoms with Gasteiger partial charge < -0.3 is 9.64 Å². The van der Waals surface area contributed by atoms with Crippen LogP contribution in [-0.4, -0.2) is 36.3 Å². The number of benzene rings is 2. The van der Waals surface area contributed by atoms with E-state index in [2.05, 4.69) is 26.0 Å². The topological polar surface area (TPSA) is 46.6 Å². The van der Waals surface area contributed by atoms with Crippen molar-refractivity contribution in [2.45, 2.75) is 39.5 Å². The summed E-state index contributed by atoms with van der Waals surface area (Å²) in [6, 6.07) is 13.8. The van der Waals surface area contributed by atoms with Crippen molar-refractivity contribution in [3.8, 4) is 5.75 Å². The van der Waals surface area contributed by atoms with Crippen molar-refractivity contribution in [1.29, 1.82) is 0 Å². The number of carbonyl (C=O) groups excluding carboxylic acids is 2. The zero-order chi connectivity index (χ0) is 20.4. The molecule has 4 rings (SSSR count). The van der Waals surface area contributed by atoms with E-state index in [9.17, 15) is 9.59 Å². The van der Waals surface area contributed by atoms with Crippen molar-refractivity contribution in [3.63, 3.8) is 0 Å². The van der Waals surface area contributed by atoms with E-state index in [1.807, 2.05) is 35.2 Å². The molecule has 1 saturated heterocycles. The average Bonchev–Trinajstić information content (AvgIpc) is 3.21. The third-order valence-electron chi connectivity index (χ3n) is 5.97. The number of carbonyl (C=O) groups is 2. The van der Waals surface area contributed by atoms with E-state index in [1.165, 1.54) is 5.56 Å². The minimum absolute atomic E-state index is 0.00317. The molecule has 0 saturated carbocycles. The number of rotatable bonds is 5. The second kappa shape index (κ2) is 8.40. The Balaban J connectivity index is 1.35. The van der Waals surface area contributed by atoms with Crippen LogP contribution in [0.3, 0.4) is 0 Å². The molecule has 0 spiro atoms. The van der Waals surface area contributed by atoms with E-state index in [-0.39, 0.29) is 17.6 Å². The SMILES string of the molecule is CC(C)Cc1ccc(C(=O)C2CCN(C(=O)c3ccc4c(c3)CCO4)CC2)cc1. The van der Waals surface area contributed by atoms with Crippen LogP contribution in [0.5, 0.6) is 5.75 Å². The van der Waals surface area contributed by atoms with Crippen LogP contribution >= 0.6 is 0 Å². The maximum absolute atomic E-state index is 12.9. The molecule has 0 aliphatic carbocycles. The molecule has 1 fully saturated rings. The van der Waals surface area contributed by atoms with Crippen LogP contribution in [0.15, 0.2) is 42.5 Å². The number of ketones is 1. The summed E-state index contributed by atoms with van der Waals surface area (Å²) < 4.78 is 5.52. The predicted octanol–water partition coefficient (Wildman–Crippen LogP) is 4.56. The summed E-state index contributed by atoms with van der Waals surface area (Å²) in [6.07, 6.45) is 3.35. The van der Waals surface area contributed by atoms with E-state index < -0.39 is 0 Å². The van der Waals surface area contributed by atoms with Gasteiger partial charge in [0.25, 0.3) is 5.91 Å². The highest BCUT2D eigenvalue weighted by atomic mass is 16.5. The van der Waals surface area contributed by atoms with Gasteiger partial charge in [0.15, 0.2) is 5.78 Å². The van der Waals surface area contributed by atoms with Crippen molar-refractivity contribution < 1.29 is 14.3 Å². The number of nitrogens with zero attached hydrogens (tertiary/aromatic N) is 1. The molecule has 1 amide bonds. The van der Waals surface area contributed by atoms with Crippen LogP contribution < -0.4 is 4.74 Å². The first kappa shape index (κ1) is 19.7. The van der Waals surface area contributed by atoms with Gasteiger partial charge >= 0.3 is 0 Å². The number of hydrogen-bond donors (Lipinski definition) is 0. The molecule has 0 aromatic heterocycles. The van der Waals surface area contributed by atoms with Gasteiger partial charge in [-0.2, -0.15) is 0 Å². The van der Waals surface area contributed by atoms with Gasteiger partial charge in [-0.1, -0.05) is 38.1 Å². The van der Waals surface area contributed by atoms with Crippen LogP contribution in [0.4, 0.5) is 0 Å². The number of ether oxygens (including phenoxy) is 1. The second-order valence-electron chi connectivity index (χ2n) is 8.65. The van der Waals surface area contributed by atoms with E-state index in [0.29, 0.717) is 25.6 Å². The highest BCUT2D eigenvalue weighted by Crippen LogP contribution is 2.28. The summed E-state index contributed by atoms with van der Waals surface area (Å²) in [6.45, 7) is 6.36. The summed E-state index contributed by atoms with van der Waals surface area (Å²) in [4.78, 5) is 27.6. The van der Waals surface area contributed by atoms with Gasteiger partial charge in [-0.25, -0.2) is 0 Å². The van der Waals surface area contributed by atoms with Crippen molar-refractivity contribution in [2.24, 2.45) is 11.8 Å². The molecule has 0 unspecified atom stereocenters. The van der Waals surface area contributed by atoms with E-state index in [0.717, 1.165) is 48.1 Å². The number of likely N-dealkylation sites (tertiary alicyclic amines) is 1. The third-order valence-corrected chi connectivity index (χ3v) is 5.97. The summed E-state index contributed by atoms with van der Waals surface area (Å²) in [5.74, 6) is 1.77. The molecule has 2 aliphatic heterocycles. The van der Waals surface area contributed by atoms with E-state index in [4.69, 9.17) is 4.74 Å². The number of hydrogen-bond acceptors (Lipinski definition) is 3. The molecule has 4 nitrogen and oxygen atoms in total. The zero-order valence-electron chi connectivity index (χ0n) is 17.3. The minimum atomic E-state index is 0.00317. The lowest BCUT2D eigenvalue weighted by atomic mass is 9.88. The quantitative estimate of drug-likeness (QED) is 0.702. The van der Waals surface area contributed by atoms with Crippen molar-refractivity contribution in [2.75, 3.05) is 19.7 Å². The number of Topliss-reactive ketones (excluding diaryl/α,β-unsaturated/α-hetero) is 1. The van der Waals surface area contributed by atoms with Gasteiger partial charge in [0.2, 0.25) is 0 Å². The Morgan fingerprint density at radius 2 is 1.72 bits per heavy atom. The molecule has 152 valence electrons. The minimum Gasteiger partial charge on any atom is -0.493 e. The van der Waals surface area contributed by atoms with Crippen LogP contribution in [-0.2, 0) is 12.8 Å². The normalized spacial score (nSPS) is 16.6. The fraction of sp³-hybridized carbons (Fsp3) is 0.440. The summed E-state index contributed by atoms with van der Waals surface area (Å²) in [7, 11) is 0. The van der Waals surface area contributed by atoms with Crippen LogP contribution in [0, 0.1) is 11.8 Å². The number of piperidine rings is 1. The monoisotopic (exact) mass is 391 g/mol. The van der Waals surface area contributed by atoms with Crippen molar-refractivity contribution in [1.82, 2.24) is 4.90 Å². The largest absolute Gasteiger partial charge is 0.493 e. The lowest BCUT2D eigenvalue weighted by Gasteiger charge is -2.31. The van der Waals surface area contributed by atoms with Crippen molar-refractivity contribution in [3.05, 3.63) is 64.7 Å². The Bertz CT molecular complexity index is 893. The second-order valence-corrected chi connectivity index (χ2v) is 8.65. The highest BCUT2D eigenvalue weighted by Gasteiger charge is 2.29. The fourth-order valence-electron chi connectivity index (χ4n) is 4.36. The molecule has 2 aromatic carbocycles. The third kappa shape index (κ3) is 4.36. The Kier molecular flexibility index (Phi) is 5.70. The lowest BCUT2D eigenvalue weighted by molar-refractivity contribution is 0.0650. The molecule has 2 aliphatic rings. The Morgan fingerprint density at radius 1 is 1.03 bits per heavy atom. The van der Waals surface area contributed by atoms with E-state index >= 15 is 0 Å². The fourth-order valence-corrected chi connectivity index (χ4v) is 4.36. The smallest absolute Gasteiger partial charge is 0.253 e. The van der Waals surface area contributed by atoms with Gasteiger partial charge in [0.05, 0.1) is 6.61 Å². The first-order valence-corrected chi connectivity index (χ1v) is 10.7. The highest BCUT2D eigenvalue weighted by molar-refractivity contribution is 5.98. The first-order chi connectivity index (χ1) is 14.0. The summed E-state index contributed by atoms with van der Waals surface area (Å²) >= 11 is 0. The molecule has 0 atom stereocenters. The van der Waals surface area contributed by atoms with Gasteiger partial charge in [0, 0.05) is 36.6 Å². The first-order valence-electron chi connectivity index (χ1n) is 10.7. The van der Waals surface area contributed by atoms with Gasteiger partial charge in [-0.15, -0.1) is 0 Å². The lowest BCUT2D eigenvalue weighted by Crippen LogP contribution is -2.40. The molecular formula is C25H29NO3. The Hall–Kier alpha value is -2.62. The van der Waals surface area contributed by atoms with E-state index in [1.54, 1.807) is 0 Å². The van der Waals surface area contributed by atoms with Crippen LogP contribution in [0.1, 0.15) is 58.5 Å². The molecule has 0 N–H and O–H groups in total. The van der Waals surface area contributed by atoms with Crippen LogP contribution in [0.2, 0.25) is 0 Å². The summed E-state index contributed by atoms with van der Waals surface area (Å²) in [5.41, 5.74) is 3.90. The molecular weight excluding hydrogens is 362 g/mol. The maximum Gasteiger partial charge on any atom is 0.253 e. The average molecular weight is 392 g/mol. The molecule has 4 heteroatoms. The zero-order valence-corrected chi connectivity index (χ0v) is 17.3. The molecule has 2 aromatic rings. The van der Waals surface area contributed by atoms with Gasteiger partial charge in [-0.05, 0) is 54.5 Å². The number of fused-ring (bicyclic) bond motifs is 1. The molecule has 2 heterocycles.